The van der Waals surface area contributed by atoms with Crippen LogP contribution in [-0.2, 0) is 13.1 Å². The van der Waals surface area contributed by atoms with Crippen LogP contribution in [0, 0.1) is 6.92 Å². The van der Waals surface area contributed by atoms with Crippen LogP contribution in [0.4, 0.5) is 0 Å². The first-order valence-electron chi connectivity index (χ1n) is 7.18. The van der Waals surface area contributed by atoms with E-state index >= 15 is 0 Å². The second kappa shape index (κ2) is 6.20. The number of pyridine rings is 1. The first kappa shape index (κ1) is 13.3. The summed E-state index contributed by atoms with van der Waals surface area (Å²) in [5, 5.41) is 0. The third kappa shape index (κ3) is 3.46. The average Bonchev–Trinajstić information content (AvgIpc) is 2.88. The molecule has 4 heteroatoms. The van der Waals surface area contributed by atoms with Gasteiger partial charge >= 0.3 is 0 Å². The molecule has 2 aromatic rings. The fraction of sp³-hybridized carbons (Fsp3) is 0.438. The Morgan fingerprint density at radius 2 is 1.80 bits per heavy atom. The number of aromatic nitrogens is 1. The first-order valence-corrected chi connectivity index (χ1v) is 7.18. The highest BCUT2D eigenvalue weighted by molar-refractivity contribution is 5.08. The molecule has 106 valence electrons. The Kier molecular flexibility index (Phi) is 4.14. The monoisotopic (exact) mass is 271 g/mol. The number of aryl methyl sites for hydroxylation is 1. The van der Waals surface area contributed by atoms with E-state index in [2.05, 4.69) is 26.9 Å². The van der Waals surface area contributed by atoms with E-state index in [4.69, 9.17) is 4.42 Å². The molecule has 1 aliphatic rings. The van der Waals surface area contributed by atoms with Crippen molar-refractivity contribution in [2.75, 3.05) is 26.2 Å². The van der Waals surface area contributed by atoms with Gasteiger partial charge in [-0.05, 0) is 30.7 Å². The molecule has 3 heterocycles. The van der Waals surface area contributed by atoms with Crippen LogP contribution in [0.25, 0.3) is 0 Å². The van der Waals surface area contributed by atoms with E-state index in [-0.39, 0.29) is 0 Å². The molecule has 1 saturated heterocycles. The van der Waals surface area contributed by atoms with Gasteiger partial charge in [-0.15, -0.1) is 0 Å². The Hall–Kier alpha value is -1.65. The van der Waals surface area contributed by atoms with Crippen molar-refractivity contribution < 1.29 is 4.42 Å². The van der Waals surface area contributed by atoms with E-state index in [1.54, 1.807) is 0 Å². The lowest BCUT2D eigenvalue weighted by Crippen LogP contribution is -2.45. The van der Waals surface area contributed by atoms with Crippen LogP contribution in [0.2, 0.25) is 0 Å². The van der Waals surface area contributed by atoms with Gasteiger partial charge in [-0.3, -0.25) is 14.8 Å². The highest BCUT2D eigenvalue weighted by Gasteiger charge is 2.17. The van der Waals surface area contributed by atoms with Gasteiger partial charge in [0.25, 0.3) is 0 Å². The topological polar surface area (TPSA) is 32.5 Å². The van der Waals surface area contributed by atoms with E-state index in [1.807, 2.05) is 31.5 Å². The van der Waals surface area contributed by atoms with E-state index < -0.39 is 0 Å². The predicted molar refractivity (Wildman–Crippen MR) is 78.2 cm³/mol. The Bertz CT molecular complexity index is 530. The summed E-state index contributed by atoms with van der Waals surface area (Å²) >= 11 is 0. The lowest BCUT2D eigenvalue weighted by atomic mass is 10.2. The van der Waals surface area contributed by atoms with Crippen molar-refractivity contribution in [2.45, 2.75) is 20.0 Å². The summed E-state index contributed by atoms with van der Waals surface area (Å²) < 4.78 is 5.65. The van der Waals surface area contributed by atoms with Gasteiger partial charge < -0.3 is 4.42 Å². The minimum atomic E-state index is 0.925. The summed E-state index contributed by atoms with van der Waals surface area (Å²) in [6, 6.07) is 8.27. The maximum atomic E-state index is 5.65. The molecule has 1 fully saturated rings. The highest BCUT2D eigenvalue weighted by Crippen LogP contribution is 2.13. The molecular weight excluding hydrogens is 250 g/mol. The molecular formula is C16H21N3O. The molecule has 4 nitrogen and oxygen atoms in total. The van der Waals surface area contributed by atoms with E-state index in [0.29, 0.717) is 0 Å². The second-order valence-corrected chi connectivity index (χ2v) is 5.43. The Morgan fingerprint density at radius 1 is 1.05 bits per heavy atom. The van der Waals surface area contributed by atoms with Crippen molar-refractivity contribution >= 4 is 0 Å². The fourth-order valence-electron chi connectivity index (χ4n) is 2.65. The third-order valence-electron chi connectivity index (χ3n) is 3.77. The van der Waals surface area contributed by atoms with Gasteiger partial charge in [0.05, 0.1) is 6.54 Å². The van der Waals surface area contributed by atoms with Crippen LogP contribution in [0.5, 0.6) is 0 Å². The summed E-state index contributed by atoms with van der Waals surface area (Å²) in [4.78, 5) is 9.12. The molecule has 0 N–H and O–H groups in total. The van der Waals surface area contributed by atoms with Crippen molar-refractivity contribution in [3.63, 3.8) is 0 Å². The maximum absolute atomic E-state index is 5.65. The number of rotatable bonds is 4. The first-order chi connectivity index (χ1) is 9.79. The molecule has 20 heavy (non-hydrogen) atoms. The van der Waals surface area contributed by atoms with Gasteiger partial charge in [-0.2, -0.15) is 0 Å². The van der Waals surface area contributed by atoms with Crippen molar-refractivity contribution in [3.05, 3.63) is 53.7 Å². The quantitative estimate of drug-likeness (QED) is 0.854. The standard InChI is InChI=1S/C16H21N3O/c1-14-4-5-16(20-14)13-19-9-7-18(8-10-19)12-15-3-2-6-17-11-15/h2-6,11H,7-10,12-13H2,1H3. The molecule has 0 saturated carbocycles. The molecule has 0 amide bonds. The summed E-state index contributed by atoms with van der Waals surface area (Å²) in [6.07, 6.45) is 3.78. The van der Waals surface area contributed by atoms with Crippen molar-refractivity contribution in [2.24, 2.45) is 0 Å². The van der Waals surface area contributed by atoms with Crippen LogP contribution in [0.3, 0.4) is 0 Å². The zero-order valence-corrected chi connectivity index (χ0v) is 12.0. The summed E-state index contributed by atoms with van der Waals surface area (Å²) in [7, 11) is 0. The van der Waals surface area contributed by atoms with Crippen molar-refractivity contribution in [1.82, 2.24) is 14.8 Å². The minimum absolute atomic E-state index is 0.925. The minimum Gasteiger partial charge on any atom is -0.465 e. The Labute approximate surface area is 120 Å². The van der Waals surface area contributed by atoms with Crippen LogP contribution in [0.15, 0.2) is 41.1 Å². The van der Waals surface area contributed by atoms with E-state index in [1.165, 1.54) is 5.56 Å². The highest BCUT2D eigenvalue weighted by atomic mass is 16.3. The molecule has 3 rings (SSSR count). The largest absolute Gasteiger partial charge is 0.465 e. The third-order valence-corrected chi connectivity index (χ3v) is 3.77. The SMILES string of the molecule is Cc1ccc(CN2CCN(Cc3cccnc3)CC2)o1. The zero-order valence-electron chi connectivity index (χ0n) is 12.0. The molecule has 0 atom stereocenters. The lowest BCUT2D eigenvalue weighted by Gasteiger charge is -2.34. The molecule has 0 aliphatic carbocycles. The number of piperazine rings is 1. The number of nitrogens with zero attached hydrogens (tertiary/aromatic N) is 3. The van der Waals surface area contributed by atoms with Gasteiger partial charge in [0.15, 0.2) is 0 Å². The summed E-state index contributed by atoms with van der Waals surface area (Å²) in [5.41, 5.74) is 1.29. The number of hydrogen-bond donors (Lipinski definition) is 0. The fourth-order valence-corrected chi connectivity index (χ4v) is 2.65. The molecule has 0 unspecified atom stereocenters. The normalized spacial score (nSPS) is 17.4. The number of furan rings is 1. The van der Waals surface area contributed by atoms with Gasteiger partial charge in [0.1, 0.15) is 11.5 Å². The lowest BCUT2D eigenvalue weighted by molar-refractivity contribution is 0.115. The van der Waals surface area contributed by atoms with Crippen LogP contribution < -0.4 is 0 Å². The second-order valence-electron chi connectivity index (χ2n) is 5.43. The average molecular weight is 271 g/mol. The molecule has 1 aliphatic heterocycles. The molecule has 0 aromatic carbocycles. The van der Waals surface area contributed by atoms with Crippen molar-refractivity contribution in [3.8, 4) is 0 Å². The summed E-state index contributed by atoms with van der Waals surface area (Å²) in [5.74, 6) is 2.07. The van der Waals surface area contributed by atoms with Crippen LogP contribution >= 0.6 is 0 Å². The van der Waals surface area contributed by atoms with E-state index in [0.717, 1.165) is 50.8 Å². The predicted octanol–water partition coefficient (Wildman–Crippen LogP) is 2.30. The van der Waals surface area contributed by atoms with E-state index in [9.17, 15) is 0 Å². The van der Waals surface area contributed by atoms with Crippen LogP contribution in [-0.4, -0.2) is 41.0 Å². The molecule has 2 aromatic heterocycles. The number of hydrogen-bond acceptors (Lipinski definition) is 4. The molecule has 0 spiro atoms. The smallest absolute Gasteiger partial charge is 0.118 e. The van der Waals surface area contributed by atoms with Crippen LogP contribution in [0.1, 0.15) is 17.1 Å². The molecule has 0 bridgehead atoms. The Morgan fingerprint density at radius 3 is 2.40 bits per heavy atom. The van der Waals surface area contributed by atoms with Gasteiger partial charge in [0, 0.05) is 45.1 Å². The van der Waals surface area contributed by atoms with Gasteiger partial charge in [-0.25, -0.2) is 0 Å². The van der Waals surface area contributed by atoms with Gasteiger partial charge in [0.2, 0.25) is 0 Å². The maximum Gasteiger partial charge on any atom is 0.118 e. The van der Waals surface area contributed by atoms with Gasteiger partial charge in [-0.1, -0.05) is 6.07 Å². The molecule has 0 radical (unpaired) electrons. The summed E-state index contributed by atoms with van der Waals surface area (Å²) in [6.45, 7) is 8.33. The van der Waals surface area contributed by atoms with Crippen molar-refractivity contribution in [1.29, 1.82) is 0 Å². The Balaban J connectivity index is 1.47. The zero-order chi connectivity index (χ0) is 13.8.